The highest BCUT2D eigenvalue weighted by atomic mass is 16.8. The highest BCUT2D eigenvalue weighted by Gasteiger charge is 2.76. The van der Waals surface area contributed by atoms with Crippen LogP contribution in [0.1, 0.15) is 106 Å². The van der Waals surface area contributed by atoms with E-state index in [4.69, 9.17) is 28.4 Å². The summed E-state index contributed by atoms with van der Waals surface area (Å²) in [5, 5.41) is 108. The fraction of sp³-hybridized carbons (Fsp3) is 0.896. The molecule has 5 saturated carbocycles. The molecule has 8 rings (SSSR count). The lowest BCUT2D eigenvalue weighted by atomic mass is 9.32. The summed E-state index contributed by atoms with van der Waals surface area (Å²) in [4.78, 5) is 42.8. The summed E-state index contributed by atoms with van der Waals surface area (Å²) < 4.78 is 35.2. The van der Waals surface area contributed by atoms with Crippen LogP contribution >= 0.6 is 0 Å². The predicted molar refractivity (Wildman–Crippen MR) is 230 cm³/mol. The number of carbonyl (C=O) groups excluding carboxylic acids is 2. The Morgan fingerprint density at radius 2 is 1.36 bits per heavy atom. The van der Waals surface area contributed by atoms with E-state index in [9.17, 15) is 60.7 Å². The van der Waals surface area contributed by atoms with Gasteiger partial charge in [0.25, 0.3) is 0 Å². The van der Waals surface area contributed by atoms with Crippen LogP contribution in [0.5, 0.6) is 0 Å². The molecule has 19 heteroatoms. The summed E-state index contributed by atoms with van der Waals surface area (Å²) in [6.07, 6.45) is -20.4. The van der Waals surface area contributed by atoms with E-state index in [1.807, 2.05) is 20.8 Å². The third kappa shape index (κ3) is 7.71. The third-order valence-corrected chi connectivity index (χ3v) is 19.2. The van der Waals surface area contributed by atoms with Crippen LogP contribution in [0.3, 0.4) is 0 Å². The Bertz CT molecular complexity index is 1900. The number of hydrogen-bond donors (Lipinski definition) is 10. The summed E-state index contributed by atoms with van der Waals surface area (Å²) in [7, 11) is 0. The van der Waals surface area contributed by atoms with Gasteiger partial charge in [-0.05, 0) is 112 Å². The molecule has 380 valence electrons. The Labute approximate surface area is 390 Å². The molecule has 0 aromatic heterocycles. The topological polar surface area (TPSA) is 309 Å². The molecule has 0 aromatic rings. The van der Waals surface area contributed by atoms with Crippen LogP contribution in [0.2, 0.25) is 0 Å². The van der Waals surface area contributed by atoms with Crippen molar-refractivity contribution < 1.29 is 93.9 Å². The van der Waals surface area contributed by atoms with E-state index in [2.05, 4.69) is 20.4 Å². The Morgan fingerprint density at radius 1 is 0.716 bits per heavy atom. The van der Waals surface area contributed by atoms with E-state index in [-0.39, 0.29) is 41.8 Å². The van der Waals surface area contributed by atoms with Crippen LogP contribution < -0.4 is 0 Å². The van der Waals surface area contributed by atoms with Crippen molar-refractivity contribution in [3.8, 4) is 0 Å². The second-order valence-corrected chi connectivity index (χ2v) is 22.6. The van der Waals surface area contributed by atoms with Gasteiger partial charge >= 0.3 is 11.9 Å². The van der Waals surface area contributed by atoms with Gasteiger partial charge in [0.15, 0.2) is 12.6 Å². The lowest BCUT2D eigenvalue weighted by Crippen LogP contribution is -2.69. The summed E-state index contributed by atoms with van der Waals surface area (Å²) in [5.74, 6) is -2.50. The Morgan fingerprint density at radius 3 is 2.01 bits per heavy atom. The zero-order valence-electron chi connectivity index (χ0n) is 39.4. The molecule has 5 aliphatic carbocycles. The van der Waals surface area contributed by atoms with E-state index >= 15 is 4.79 Å². The number of aliphatic hydroxyl groups is 9. The van der Waals surface area contributed by atoms with Gasteiger partial charge in [-0.25, -0.2) is 0 Å². The van der Waals surface area contributed by atoms with Crippen molar-refractivity contribution in [1.29, 1.82) is 0 Å². The lowest BCUT2D eigenvalue weighted by molar-refractivity contribution is -0.362. The Kier molecular flexibility index (Phi) is 13.8. The van der Waals surface area contributed by atoms with Crippen LogP contribution in [0.4, 0.5) is 0 Å². The molecular formula is C48H74O19. The molecule has 67 heavy (non-hydrogen) atoms. The summed E-state index contributed by atoms with van der Waals surface area (Å²) >= 11 is 0. The standard InChI is InChI=1S/C48H74O19/c1-20(2)22-10-15-47(16-17-48(42(59)60)23(29(22)47)8-9-27-45(6)13-12-28(50)44(4,5)26(45)11-14-46(27,48)7)43(61)67-41-37(58)34(55)38(66-40-36(57)32(53)30(51)21(3)63-40)25(65-41)19-62-39-35(56)33(54)31(52)24(18-49)64-39/h21-27,29-41,49,51-58H,1,8-19H2,2-7H3,(H,59,60)/t21-,22-,23-,24-,25+,26+,27-,29-,30-,31-,32+,33+,34+,35+,36+,37+,38+,39-,40+,41-,45-,46-,47-,48-/m1/s1. The van der Waals surface area contributed by atoms with E-state index in [0.717, 1.165) is 12.0 Å². The molecule has 0 amide bonds. The first-order chi connectivity index (χ1) is 31.3. The largest absolute Gasteiger partial charge is 0.481 e. The van der Waals surface area contributed by atoms with Crippen molar-refractivity contribution >= 4 is 17.7 Å². The van der Waals surface area contributed by atoms with Crippen molar-refractivity contribution in [2.45, 2.75) is 198 Å². The number of hydrogen-bond acceptors (Lipinski definition) is 18. The number of aliphatic carboxylic acids is 1. The van der Waals surface area contributed by atoms with Crippen LogP contribution in [-0.2, 0) is 42.8 Å². The van der Waals surface area contributed by atoms with Gasteiger partial charge in [-0.15, -0.1) is 0 Å². The highest BCUT2D eigenvalue weighted by Crippen LogP contribution is 2.77. The van der Waals surface area contributed by atoms with Crippen LogP contribution in [0.25, 0.3) is 0 Å². The molecule has 10 N–H and O–H groups in total. The Balaban J connectivity index is 1.08. The van der Waals surface area contributed by atoms with Crippen molar-refractivity contribution in [3.63, 3.8) is 0 Å². The summed E-state index contributed by atoms with van der Waals surface area (Å²) in [5.41, 5.74) is -3.12. The average Bonchev–Trinajstić information content (AvgIpc) is 3.69. The second kappa shape index (κ2) is 18.1. The van der Waals surface area contributed by atoms with Gasteiger partial charge in [-0.2, -0.15) is 0 Å². The molecule has 0 bridgehead atoms. The second-order valence-electron chi connectivity index (χ2n) is 22.6. The number of rotatable bonds is 10. The lowest BCUT2D eigenvalue weighted by Gasteiger charge is -2.71. The van der Waals surface area contributed by atoms with Crippen LogP contribution in [-0.4, -0.2) is 174 Å². The predicted octanol–water partition coefficient (Wildman–Crippen LogP) is 0.297. The van der Waals surface area contributed by atoms with Gasteiger partial charge in [-0.3, -0.25) is 14.4 Å². The van der Waals surface area contributed by atoms with Gasteiger partial charge in [0.2, 0.25) is 6.29 Å². The minimum atomic E-state index is -2.00. The maximum Gasteiger partial charge on any atom is 0.314 e. The first-order valence-corrected chi connectivity index (χ1v) is 24.3. The monoisotopic (exact) mass is 954 g/mol. The number of carboxylic acids is 1. The molecular weight excluding hydrogens is 881 g/mol. The number of fused-ring (bicyclic) bond motifs is 7. The molecule has 19 nitrogen and oxygen atoms in total. The maximum absolute atomic E-state index is 15.2. The molecule has 3 aliphatic heterocycles. The molecule has 0 spiro atoms. The maximum atomic E-state index is 15.2. The van der Waals surface area contributed by atoms with Gasteiger partial charge < -0.3 is 79.5 Å². The number of aliphatic hydroxyl groups excluding tert-OH is 9. The molecule has 0 unspecified atom stereocenters. The van der Waals surface area contributed by atoms with E-state index in [0.29, 0.717) is 44.9 Å². The van der Waals surface area contributed by atoms with Crippen LogP contribution in [0.15, 0.2) is 12.2 Å². The van der Waals surface area contributed by atoms with Crippen molar-refractivity contribution in [1.82, 2.24) is 0 Å². The molecule has 3 saturated heterocycles. The van der Waals surface area contributed by atoms with Crippen molar-refractivity contribution in [3.05, 3.63) is 12.2 Å². The smallest absolute Gasteiger partial charge is 0.314 e. The van der Waals surface area contributed by atoms with E-state index in [1.165, 1.54) is 6.92 Å². The third-order valence-electron chi connectivity index (χ3n) is 19.2. The number of allylic oxidation sites excluding steroid dienone is 1. The minimum Gasteiger partial charge on any atom is -0.481 e. The van der Waals surface area contributed by atoms with Gasteiger partial charge in [-0.1, -0.05) is 39.8 Å². The van der Waals surface area contributed by atoms with Gasteiger partial charge in [0.05, 0.1) is 30.1 Å². The Hall–Kier alpha value is -2.21. The zero-order valence-corrected chi connectivity index (χ0v) is 39.4. The normalized spacial score (nSPS) is 52.8. The van der Waals surface area contributed by atoms with Gasteiger partial charge in [0, 0.05) is 11.8 Å². The molecule has 0 radical (unpaired) electrons. The minimum absolute atomic E-state index is 0.0174. The first kappa shape index (κ1) is 51.2. The number of ether oxygens (including phenoxy) is 6. The number of carboxylic acid groups (broad SMARTS) is 1. The van der Waals surface area contributed by atoms with E-state index < -0.39 is 151 Å². The fourth-order valence-electron chi connectivity index (χ4n) is 15.6. The quantitative estimate of drug-likeness (QED) is 0.104. The van der Waals surface area contributed by atoms with Gasteiger partial charge in [0.1, 0.15) is 72.9 Å². The molecule has 3 heterocycles. The number of carbonyl (C=O) groups is 3. The highest BCUT2D eigenvalue weighted by molar-refractivity contribution is 5.86. The average molecular weight is 955 g/mol. The number of Topliss-reactive ketones (excluding diaryl/α,β-unsaturated/α-hetero) is 1. The zero-order chi connectivity index (χ0) is 49.1. The number of ketones is 1. The molecule has 24 atom stereocenters. The van der Waals surface area contributed by atoms with E-state index in [1.54, 1.807) is 0 Å². The summed E-state index contributed by atoms with van der Waals surface area (Å²) in [6.45, 7) is 14.7. The molecule has 8 fully saturated rings. The summed E-state index contributed by atoms with van der Waals surface area (Å²) in [6, 6.07) is 0. The fourth-order valence-corrected chi connectivity index (χ4v) is 15.6. The first-order valence-electron chi connectivity index (χ1n) is 24.3. The molecule has 0 aromatic carbocycles. The SMILES string of the molecule is C=C(C)[C@H]1CC[C@@]2(C(=O)O[C@H]3O[C@@H](CO[C@@H]4O[C@H](CO)[C@@H](O)[C@H](O)[C@@H]4O)[C@H](O[C@@H]4O[C@H](C)[C@@H](O)[C@H](O)[C@@H]4O)[C@@H](O)[C@@H]3O)CC[C@]3(C(=O)O)[C@H](CC[C@@H]4[C@]5(C)CCC(=O)C(C)(C)[C@@H]5CC[C@]43C)[C@@H]12. The number of esters is 1. The molecule has 8 aliphatic rings. The van der Waals surface area contributed by atoms with Crippen molar-refractivity contribution in [2.24, 2.45) is 56.7 Å². The van der Waals surface area contributed by atoms with Crippen LogP contribution in [0, 0.1) is 56.7 Å². The van der Waals surface area contributed by atoms with Crippen molar-refractivity contribution in [2.75, 3.05) is 13.2 Å².